The predicted octanol–water partition coefficient (Wildman–Crippen LogP) is 3.81. The monoisotopic (exact) mass is 601 g/mol. The van der Waals surface area contributed by atoms with Crippen LogP contribution >= 0.6 is 0 Å². The molecule has 1 saturated carbocycles. The molecule has 0 saturated heterocycles. The zero-order valence-corrected chi connectivity index (χ0v) is 22.9. The van der Waals surface area contributed by atoms with Gasteiger partial charge in [0.05, 0.1) is 6.04 Å². The molecular formula is C30H27F4N3O6. The van der Waals surface area contributed by atoms with Crippen LogP contribution in [0.4, 0.5) is 17.6 Å². The number of likely N-dealkylation sites (N-methyl/N-ethyl adjacent to an activating group) is 1. The zero-order valence-electron chi connectivity index (χ0n) is 22.9. The molecule has 3 amide bonds. The van der Waals surface area contributed by atoms with Gasteiger partial charge in [-0.25, -0.2) is 8.78 Å². The molecule has 0 bridgehead atoms. The third-order valence-corrected chi connectivity index (χ3v) is 7.44. The first-order valence-corrected chi connectivity index (χ1v) is 13.5. The summed E-state index contributed by atoms with van der Waals surface area (Å²) in [5, 5.41) is 5.79. The van der Waals surface area contributed by atoms with Gasteiger partial charge >= 0.3 is 0 Å². The van der Waals surface area contributed by atoms with E-state index >= 15 is 0 Å². The molecule has 0 radical (unpaired) electrons. The van der Waals surface area contributed by atoms with Gasteiger partial charge < -0.3 is 24.7 Å². The molecule has 43 heavy (non-hydrogen) atoms. The first kappa shape index (κ1) is 29.8. The highest BCUT2D eigenvalue weighted by Gasteiger charge is 2.37. The third kappa shape index (κ3) is 6.55. The summed E-state index contributed by atoms with van der Waals surface area (Å²) < 4.78 is 65.9. The summed E-state index contributed by atoms with van der Waals surface area (Å²) in [6.07, 6.45) is 3.19. The van der Waals surface area contributed by atoms with E-state index in [1.807, 2.05) is 0 Å². The molecule has 9 nitrogen and oxygen atoms in total. The standard InChI is InChI=1S/C30H27F4N3O6/c1-37(30(41)24-12-16-4-2-3-5-23(16)43-24)21(10-15-6-7-15)29(40)36-20(11-17-8-9-35-28(17)39)22(38)14-42-27-25(33)18(31)13-19(32)26(27)34/h2-5,8,12-13,15,20-21H,6-7,9-11,14H2,1H3,(H,35,39)(H,36,40)/t20?,21-/m0/s1. The van der Waals surface area contributed by atoms with Crippen LogP contribution < -0.4 is 15.4 Å². The number of Topliss-reactive ketones (excluding diaryl/α,β-unsaturated/α-hetero) is 1. The van der Waals surface area contributed by atoms with E-state index < -0.39 is 71.2 Å². The van der Waals surface area contributed by atoms with Gasteiger partial charge in [0.25, 0.3) is 5.91 Å². The smallest absolute Gasteiger partial charge is 0.290 e. The number of ketones is 1. The summed E-state index contributed by atoms with van der Waals surface area (Å²) in [7, 11) is 1.43. The average molecular weight is 602 g/mol. The molecule has 1 fully saturated rings. The van der Waals surface area contributed by atoms with Gasteiger partial charge in [-0.3, -0.25) is 19.2 Å². The van der Waals surface area contributed by atoms with E-state index in [2.05, 4.69) is 10.6 Å². The maximum absolute atomic E-state index is 14.1. The van der Waals surface area contributed by atoms with E-state index in [9.17, 15) is 36.7 Å². The lowest BCUT2D eigenvalue weighted by Gasteiger charge is -2.29. The number of hydrogen-bond acceptors (Lipinski definition) is 6. The molecule has 1 aliphatic heterocycles. The van der Waals surface area contributed by atoms with Gasteiger partial charge in [0.15, 0.2) is 28.9 Å². The lowest BCUT2D eigenvalue weighted by atomic mass is 10.0. The molecule has 13 heteroatoms. The molecule has 3 aromatic rings. The maximum atomic E-state index is 14.1. The summed E-state index contributed by atoms with van der Waals surface area (Å²) in [5.41, 5.74) is 0.653. The normalized spacial score (nSPS) is 15.9. The fraction of sp³-hybridized carbons (Fsp3) is 0.333. The van der Waals surface area contributed by atoms with Crippen molar-refractivity contribution in [3.63, 3.8) is 0 Å². The second-order valence-electron chi connectivity index (χ2n) is 10.5. The number of hydrogen-bond donors (Lipinski definition) is 2. The maximum Gasteiger partial charge on any atom is 0.290 e. The number of fused-ring (bicyclic) bond motifs is 1. The fourth-order valence-electron chi connectivity index (χ4n) is 4.82. The zero-order chi connectivity index (χ0) is 30.8. The number of nitrogens with one attached hydrogen (secondary N) is 2. The Labute approximate surface area is 242 Å². The van der Waals surface area contributed by atoms with Crippen molar-refractivity contribution in [2.75, 3.05) is 20.2 Å². The molecule has 1 aromatic heterocycles. The summed E-state index contributed by atoms with van der Waals surface area (Å²) in [6.45, 7) is -0.894. The summed E-state index contributed by atoms with van der Waals surface area (Å²) in [6, 6.07) is 6.08. The Kier molecular flexibility index (Phi) is 8.51. The van der Waals surface area contributed by atoms with Crippen LogP contribution in [0.5, 0.6) is 5.75 Å². The third-order valence-electron chi connectivity index (χ3n) is 7.44. The number of halogens is 4. The van der Waals surface area contributed by atoms with Crippen LogP contribution in [-0.4, -0.2) is 60.7 Å². The van der Waals surface area contributed by atoms with Crippen LogP contribution in [0.25, 0.3) is 11.0 Å². The Morgan fingerprint density at radius 1 is 1.09 bits per heavy atom. The number of amides is 3. The summed E-state index contributed by atoms with van der Waals surface area (Å²) in [5.74, 6) is -11.1. The molecule has 5 rings (SSSR count). The average Bonchev–Trinajstić information content (AvgIpc) is 3.56. The molecule has 2 heterocycles. The minimum Gasteiger partial charge on any atom is -0.479 e. The van der Waals surface area contributed by atoms with Gasteiger partial charge in [-0.2, -0.15) is 8.78 Å². The van der Waals surface area contributed by atoms with Crippen molar-refractivity contribution in [3.05, 3.63) is 77.1 Å². The SMILES string of the molecule is CN(C(=O)c1cc2ccccc2o1)[C@@H](CC1CC1)C(=O)NC(CC1=CCNC1=O)C(=O)COc1c(F)c(F)cc(F)c1F. The fourth-order valence-corrected chi connectivity index (χ4v) is 4.82. The van der Waals surface area contributed by atoms with Crippen molar-refractivity contribution in [1.82, 2.24) is 15.5 Å². The van der Waals surface area contributed by atoms with Gasteiger partial charge in [-0.15, -0.1) is 0 Å². The minimum absolute atomic E-state index is 0.00327. The summed E-state index contributed by atoms with van der Waals surface area (Å²) in [4.78, 5) is 53.6. The number of para-hydroxylation sites is 1. The number of nitrogens with zero attached hydrogens (tertiary/aromatic N) is 1. The molecule has 2 aromatic carbocycles. The lowest BCUT2D eigenvalue weighted by molar-refractivity contribution is -0.131. The Morgan fingerprint density at radius 2 is 1.79 bits per heavy atom. The van der Waals surface area contributed by atoms with E-state index in [1.54, 1.807) is 30.3 Å². The Bertz CT molecular complexity index is 1570. The Balaban J connectivity index is 1.35. The molecule has 226 valence electrons. The second kappa shape index (κ2) is 12.3. The van der Waals surface area contributed by atoms with Crippen molar-refractivity contribution in [2.45, 2.75) is 37.8 Å². The molecule has 1 aliphatic carbocycles. The van der Waals surface area contributed by atoms with Crippen molar-refractivity contribution in [3.8, 4) is 5.75 Å². The number of benzene rings is 2. The van der Waals surface area contributed by atoms with E-state index in [1.165, 1.54) is 18.0 Å². The number of ether oxygens (including phenoxy) is 1. The van der Waals surface area contributed by atoms with Crippen molar-refractivity contribution in [2.24, 2.45) is 5.92 Å². The van der Waals surface area contributed by atoms with E-state index in [0.717, 1.165) is 12.8 Å². The molecule has 0 spiro atoms. The van der Waals surface area contributed by atoms with Crippen molar-refractivity contribution >= 4 is 34.5 Å². The largest absolute Gasteiger partial charge is 0.479 e. The quantitative estimate of drug-likeness (QED) is 0.241. The van der Waals surface area contributed by atoms with E-state index in [4.69, 9.17) is 9.15 Å². The van der Waals surface area contributed by atoms with Gasteiger partial charge in [0, 0.05) is 37.0 Å². The van der Waals surface area contributed by atoms with Crippen LogP contribution in [0.15, 0.2) is 52.5 Å². The van der Waals surface area contributed by atoms with Gasteiger partial charge in [-0.05, 0) is 24.5 Å². The number of carbonyl (C=O) groups excluding carboxylic acids is 4. The summed E-state index contributed by atoms with van der Waals surface area (Å²) >= 11 is 0. The first-order chi connectivity index (χ1) is 20.5. The highest BCUT2D eigenvalue weighted by atomic mass is 19.2. The topological polar surface area (TPSA) is 118 Å². The van der Waals surface area contributed by atoms with Crippen LogP contribution in [0.2, 0.25) is 0 Å². The van der Waals surface area contributed by atoms with Crippen molar-refractivity contribution in [1.29, 1.82) is 0 Å². The second-order valence-corrected chi connectivity index (χ2v) is 10.5. The van der Waals surface area contributed by atoms with Crippen LogP contribution in [-0.2, 0) is 14.4 Å². The number of carbonyl (C=O) groups is 4. The van der Waals surface area contributed by atoms with Gasteiger partial charge in [0.1, 0.15) is 18.2 Å². The number of rotatable bonds is 12. The molecule has 2 atom stereocenters. The van der Waals surface area contributed by atoms with E-state index in [-0.39, 0.29) is 42.7 Å². The van der Waals surface area contributed by atoms with Crippen LogP contribution in [0, 0.1) is 29.2 Å². The van der Waals surface area contributed by atoms with Crippen molar-refractivity contribution < 1.29 is 45.9 Å². The van der Waals surface area contributed by atoms with Crippen LogP contribution in [0.1, 0.15) is 36.2 Å². The molecule has 1 unspecified atom stereocenters. The molecule has 2 aliphatic rings. The highest BCUT2D eigenvalue weighted by molar-refractivity contribution is 6.00. The minimum atomic E-state index is -1.83. The molecule has 2 N–H and O–H groups in total. The predicted molar refractivity (Wildman–Crippen MR) is 144 cm³/mol. The molecular weight excluding hydrogens is 574 g/mol. The Hall–Kier alpha value is -4.68. The Morgan fingerprint density at radius 3 is 2.42 bits per heavy atom. The van der Waals surface area contributed by atoms with Crippen LogP contribution in [0.3, 0.4) is 0 Å². The first-order valence-electron chi connectivity index (χ1n) is 13.5. The van der Waals surface area contributed by atoms with Gasteiger partial charge in [0.2, 0.25) is 23.4 Å². The lowest BCUT2D eigenvalue weighted by Crippen LogP contribution is -2.53. The number of furan rings is 1. The van der Waals surface area contributed by atoms with E-state index in [0.29, 0.717) is 11.0 Å². The van der Waals surface area contributed by atoms with Gasteiger partial charge in [-0.1, -0.05) is 37.1 Å². The highest BCUT2D eigenvalue weighted by Crippen LogP contribution is 2.35.